The Balaban J connectivity index is 1.35. The molecule has 1 heterocycles. The highest BCUT2D eigenvalue weighted by Gasteiger charge is 2.16. The number of benzene rings is 2. The summed E-state index contributed by atoms with van der Waals surface area (Å²) in [5, 5.41) is 0. The summed E-state index contributed by atoms with van der Waals surface area (Å²) in [6, 6.07) is 19.3. The first-order chi connectivity index (χ1) is 11.8. The van der Waals surface area contributed by atoms with Gasteiger partial charge in [-0.3, -0.25) is 0 Å². The molecule has 2 aromatic rings. The van der Waals surface area contributed by atoms with E-state index >= 15 is 0 Å². The second kappa shape index (κ2) is 8.86. The van der Waals surface area contributed by atoms with Crippen molar-refractivity contribution < 1.29 is 4.74 Å². The fourth-order valence-electron chi connectivity index (χ4n) is 3.25. The molecule has 1 fully saturated rings. The molecule has 0 unspecified atom stereocenters. The van der Waals surface area contributed by atoms with E-state index in [9.17, 15) is 0 Å². The van der Waals surface area contributed by atoms with Crippen LogP contribution < -0.4 is 4.74 Å². The lowest BCUT2D eigenvalue weighted by atomic mass is 10.1. The number of nitrogens with zero attached hydrogens (tertiary/aromatic N) is 2. The van der Waals surface area contributed by atoms with Gasteiger partial charge in [0.1, 0.15) is 5.75 Å². The number of rotatable bonds is 7. The van der Waals surface area contributed by atoms with Crippen molar-refractivity contribution in [3.63, 3.8) is 0 Å². The number of methoxy groups -OCH3 is 1. The average Bonchev–Trinajstić information content (AvgIpc) is 2.67. The molecule has 0 aliphatic carbocycles. The fraction of sp³-hybridized carbons (Fsp3) is 0.429. The van der Waals surface area contributed by atoms with E-state index in [0.29, 0.717) is 0 Å². The van der Waals surface area contributed by atoms with Crippen LogP contribution in [-0.2, 0) is 12.8 Å². The zero-order chi connectivity index (χ0) is 16.6. The van der Waals surface area contributed by atoms with Crippen LogP contribution >= 0.6 is 0 Å². The minimum Gasteiger partial charge on any atom is -0.497 e. The summed E-state index contributed by atoms with van der Waals surface area (Å²) in [5.74, 6) is 0.936. The highest BCUT2D eigenvalue weighted by molar-refractivity contribution is 5.27. The molecule has 1 aliphatic heterocycles. The molecule has 0 atom stereocenters. The van der Waals surface area contributed by atoms with E-state index in [1.54, 1.807) is 7.11 Å². The third-order valence-corrected chi connectivity index (χ3v) is 4.90. The average molecular weight is 324 g/mol. The highest BCUT2D eigenvalue weighted by atomic mass is 16.5. The maximum atomic E-state index is 5.21. The first kappa shape index (κ1) is 17.0. The molecule has 0 bridgehead atoms. The van der Waals surface area contributed by atoms with Crippen molar-refractivity contribution in [2.45, 2.75) is 12.8 Å². The molecule has 3 rings (SSSR count). The Labute approximate surface area is 145 Å². The van der Waals surface area contributed by atoms with Gasteiger partial charge in [0, 0.05) is 39.3 Å². The molecule has 1 saturated heterocycles. The second-order valence-corrected chi connectivity index (χ2v) is 6.52. The third kappa shape index (κ3) is 5.08. The Kier molecular flexibility index (Phi) is 6.27. The predicted octanol–water partition coefficient (Wildman–Crippen LogP) is 3.10. The predicted molar refractivity (Wildman–Crippen MR) is 99.7 cm³/mol. The van der Waals surface area contributed by atoms with Gasteiger partial charge in [0.25, 0.3) is 0 Å². The van der Waals surface area contributed by atoms with E-state index in [1.807, 2.05) is 0 Å². The molecule has 0 aromatic heterocycles. The van der Waals surface area contributed by atoms with Crippen LogP contribution in [0.25, 0.3) is 0 Å². The van der Waals surface area contributed by atoms with Crippen LogP contribution in [0.2, 0.25) is 0 Å². The number of ether oxygens (including phenoxy) is 1. The molecular weight excluding hydrogens is 296 g/mol. The Morgan fingerprint density at radius 3 is 1.71 bits per heavy atom. The van der Waals surface area contributed by atoms with Crippen molar-refractivity contribution >= 4 is 0 Å². The van der Waals surface area contributed by atoms with Crippen LogP contribution in [0, 0.1) is 0 Å². The van der Waals surface area contributed by atoms with E-state index in [0.717, 1.165) is 25.1 Å². The molecule has 24 heavy (non-hydrogen) atoms. The molecule has 0 radical (unpaired) electrons. The van der Waals surface area contributed by atoms with E-state index in [4.69, 9.17) is 4.74 Å². The van der Waals surface area contributed by atoms with Gasteiger partial charge in [-0.15, -0.1) is 0 Å². The molecule has 3 heteroatoms. The summed E-state index contributed by atoms with van der Waals surface area (Å²) in [6.45, 7) is 7.08. The Morgan fingerprint density at radius 2 is 1.21 bits per heavy atom. The van der Waals surface area contributed by atoms with Crippen molar-refractivity contribution in [1.29, 1.82) is 0 Å². The molecular formula is C21H28N2O. The molecule has 0 amide bonds. The van der Waals surface area contributed by atoms with Gasteiger partial charge in [-0.05, 0) is 36.1 Å². The smallest absolute Gasteiger partial charge is 0.118 e. The van der Waals surface area contributed by atoms with E-state index in [1.165, 1.54) is 43.9 Å². The lowest BCUT2D eigenvalue weighted by Crippen LogP contribution is -2.47. The SMILES string of the molecule is COc1ccc(CCN2CCN(CCc3ccccc3)CC2)cc1. The molecule has 2 aromatic carbocycles. The fourth-order valence-corrected chi connectivity index (χ4v) is 3.25. The van der Waals surface area contributed by atoms with Gasteiger partial charge in [0.05, 0.1) is 7.11 Å². The first-order valence-corrected chi connectivity index (χ1v) is 8.95. The minimum absolute atomic E-state index is 0.936. The van der Waals surface area contributed by atoms with E-state index < -0.39 is 0 Å². The van der Waals surface area contributed by atoms with Crippen LogP contribution in [0.15, 0.2) is 54.6 Å². The quantitative estimate of drug-likeness (QED) is 0.778. The number of hydrogen-bond donors (Lipinski definition) is 0. The zero-order valence-corrected chi connectivity index (χ0v) is 14.7. The summed E-state index contributed by atoms with van der Waals surface area (Å²) >= 11 is 0. The van der Waals surface area contributed by atoms with E-state index in [2.05, 4.69) is 64.4 Å². The van der Waals surface area contributed by atoms with Crippen molar-refractivity contribution in [3.05, 3.63) is 65.7 Å². The maximum Gasteiger partial charge on any atom is 0.118 e. The van der Waals surface area contributed by atoms with Gasteiger partial charge >= 0.3 is 0 Å². The van der Waals surface area contributed by atoms with Gasteiger partial charge in [-0.25, -0.2) is 0 Å². The normalized spacial score (nSPS) is 16.2. The maximum absolute atomic E-state index is 5.21. The largest absolute Gasteiger partial charge is 0.497 e. The van der Waals surface area contributed by atoms with Gasteiger partial charge in [0.15, 0.2) is 0 Å². The van der Waals surface area contributed by atoms with Crippen molar-refractivity contribution in [2.75, 3.05) is 46.4 Å². The molecule has 1 aliphatic rings. The Bertz CT molecular complexity index is 589. The molecule has 0 saturated carbocycles. The van der Waals surface area contributed by atoms with Crippen LogP contribution in [0.3, 0.4) is 0 Å². The molecule has 0 N–H and O–H groups in total. The minimum atomic E-state index is 0.936. The standard InChI is InChI=1S/C21H28N2O/c1-24-21-9-7-20(8-10-21)12-14-23-17-15-22(16-18-23)13-11-19-5-3-2-4-6-19/h2-10H,11-18H2,1H3. The van der Waals surface area contributed by atoms with Gasteiger partial charge in [-0.1, -0.05) is 42.5 Å². The van der Waals surface area contributed by atoms with Crippen LogP contribution in [0.5, 0.6) is 5.75 Å². The third-order valence-electron chi connectivity index (χ3n) is 4.90. The van der Waals surface area contributed by atoms with Crippen molar-refractivity contribution in [3.8, 4) is 5.75 Å². The van der Waals surface area contributed by atoms with Crippen LogP contribution in [-0.4, -0.2) is 56.2 Å². The Morgan fingerprint density at radius 1 is 0.708 bits per heavy atom. The molecule has 3 nitrogen and oxygen atoms in total. The summed E-state index contributed by atoms with van der Waals surface area (Å²) < 4.78 is 5.21. The van der Waals surface area contributed by atoms with Crippen molar-refractivity contribution in [1.82, 2.24) is 9.80 Å². The topological polar surface area (TPSA) is 15.7 Å². The lowest BCUT2D eigenvalue weighted by Gasteiger charge is -2.34. The lowest BCUT2D eigenvalue weighted by molar-refractivity contribution is 0.134. The summed E-state index contributed by atoms with van der Waals surface area (Å²) in [5.41, 5.74) is 2.83. The molecule has 0 spiro atoms. The summed E-state index contributed by atoms with van der Waals surface area (Å²) in [7, 11) is 1.71. The van der Waals surface area contributed by atoms with Gasteiger partial charge in [0.2, 0.25) is 0 Å². The van der Waals surface area contributed by atoms with Crippen LogP contribution in [0.4, 0.5) is 0 Å². The number of piperazine rings is 1. The number of hydrogen-bond acceptors (Lipinski definition) is 3. The monoisotopic (exact) mass is 324 g/mol. The molecule has 128 valence electrons. The second-order valence-electron chi connectivity index (χ2n) is 6.52. The first-order valence-electron chi connectivity index (χ1n) is 8.95. The van der Waals surface area contributed by atoms with Gasteiger partial charge < -0.3 is 14.5 Å². The highest BCUT2D eigenvalue weighted by Crippen LogP contribution is 2.12. The summed E-state index contributed by atoms with van der Waals surface area (Å²) in [6.07, 6.45) is 2.28. The summed E-state index contributed by atoms with van der Waals surface area (Å²) in [4.78, 5) is 5.18. The van der Waals surface area contributed by atoms with Crippen molar-refractivity contribution in [2.24, 2.45) is 0 Å². The van der Waals surface area contributed by atoms with Crippen LogP contribution in [0.1, 0.15) is 11.1 Å². The van der Waals surface area contributed by atoms with Gasteiger partial charge in [-0.2, -0.15) is 0 Å². The Hall–Kier alpha value is -1.84. The van der Waals surface area contributed by atoms with E-state index in [-0.39, 0.29) is 0 Å². The zero-order valence-electron chi connectivity index (χ0n) is 14.7.